The van der Waals surface area contributed by atoms with Gasteiger partial charge in [0, 0.05) is 11.1 Å². The summed E-state index contributed by atoms with van der Waals surface area (Å²) in [5, 5.41) is 0.241. The molecule has 0 amide bonds. The first-order valence-corrected chi connectivity index (χ1v) is 9.44. The van der Waals surface area contributed by atoms with E-state index in [2.05, 4.69) is 4.99 Å². The fourth-order valence-electron chi connectivity index (χ4n) is 3.75. The Kier molecular flexibility index (Phi) is 5.23. The zero-order valence-corrected chi connectivity index (χ0v) is 16.8. The number of benzene rings is 2. The smallest absolute Gasteiger partial charge is 0.431 e. The highest BCUT2D eigenvalue weighted by atomic mass is 35.5. The van der Waals surface area contributed by atoms with Crippen molar-refractivity contribution in [1.29, 1.82) is 0 Å². The van der Waals surface area contributed by atoms with Gasteiger partial charge in [-0.2, -0.15) is 13.2 Å². The maximum atomic E-state index is 14.2. The summed E-state index contributed by atoms with van der Waals surface area (Å²) in [4.78, 5) is 5.29. The summed E-state index contributed by atoms with van der Waals surface area (Å²) < 4.78 is 67.2. The summed E-state index contributed by atoms with van der Waals surface area (Å²) in [7, 11) is 1.45. The number of ether oxygens (including phenoxy) is 2. The van der Waals surface area contributed by atoms with Crippen molar-refractivity contribution in [2.24, 2.45) is 4.99 Å². The van der Waals surface area contributed by atoms with Crippen molar-refractivity contribution in [3.05, 3.63) is 69.6 Å². The maximum Gasteiger partial charge on any atom is 0.431 e. The van der Waals surface area contributed by atoms with Crippen LogP contribution in [0.2, 0.25) is 5.02 Å². The first kappa shape index (κ1) is 20.7. The topological polar surface area (TPSA) is 34.1 Å². The molecule has 0 aromatic heterocycles. The van der Waals surface area contributed by atoms with E-state index < -0.39 is 23.8 Å². The summed E-state index contributed by atoms with van der Waals surface area (Å²) in [5.41, 5.74) is 0.0491. The Morgan fingerprint density at radius 3 is 2.67 bits per heavy atom. The van der Waals surface area contributed by atoms with Crippen LogP contribution in [0.3, 0.4) is 0 Å². The van der Waals surface area contributed by atoms with E-state index in [4.69, 9.17) is 21.1 Å². The van der Waals surface area contributed by atoms with Crippen molar-refractivity contribution in [3.63, 3.8) is 0 Å². The summed E-state index contributed by atoms with van der Waals surface area (Å²) in [5.74, 6) is -0.128. The molecule has 0 N–H and O–H groups in total. The van der Waals surface area contributed by atoms with E-state index in [9.17, 15) is 17.6 Å². The second-order valence-corrected chi connectivity index (χ2v) is 7.33. The number of amidine groups is 1. The Morgan fingerprint density at radius 2 is 1.97 bits per heavy atom. The number of alkyl halides is 3. The minimum Gasteiger partial charge on any atom is -0.495 e. The van der Waals surface area contributed by atoms with Crippen LogP contribution in [0.5, 0.6) is 5.75 Å². The van der Waals surface area contributed by atoms with Crippen LogP contribution >= 0.6 is 11.6 Å². The molecule has 0 saturated heterocycles. The van der Waals surface area contributed by atoms with Crippen molar-refractivity contribution >= 4 is 23.1 Å². The molecular weight excluding hydrogens is 424 g/mol. The summed E-state index contributed by atoms with van der Waals surface area (Å²) in [6.45, 7) is 1.08. The van der Waals surface area contributed by atoms with Crippen molar-refractivity contribution in [3.8, 4) is 5.75 Å². The molecule has 1 atom stereocenters. The van der Waals surface area contributed by atoms with Gasteiger partial charge in [0.2, 0.25) is 0 Å². The number of allylic oxidation sites excluding steroid dienone is 1. The SMILES string of the molecule is COc1cccc([C@H]2OCC3=NCC(C)=C(C(F)(F)F)N3c3ccc(F)cc32)c1Cl. The van der Waals surface area contributed by atoms with Gasteiger partial charge in [0.25, 0.3) is 0 Å². The minimum atomic E-state index is -4.62. The molecule has 0 bridgehead atoms. The average molecular weight is 441 g/mol. The third-order valence-electron chi connectivity index (χ3n) is 5.04. The summed E-state index contributed by atoms with van der Waals surface area (Å²) >= 11 is 6.45. The molecule has 4 rings (SSSR count). The summed E-state index contributed by atoms with van der Waals surface area (Å²) in [6.07, 6.45) is -5.54. The monoisotopic (exact) mass is 440 g/mol. The maximum absolute atomic E-state index is 14.2. The normalized spacial score (nSPS) is 19.1. The third-order valence-corrected chi connectivity index (χ3v) is 5.45. The molecule has 4 nitrogen and oxygen atoms in total. The van der Waals surface area contributed by atoms with Gasteiger partial charge in [0.1, 0.15) is 35.8 Å². The predicted octanol–water partition coefficient (Wildman–Crippen LogP) is 5.66. The number of rotatable bonds is 2. The van der Waals surface area contributed by atoms with Gasteiger partial charge in [-0.05, 0) is 36.8 Å². The molecule has 2 aliphatic rings. The fourth-order valence-corrected chi connectivity index (χ4v) is 4.05. The zero-order valence-electron chi connectivity index (χ0n) is 16.1. The highest BCUT2D eigenvalue weighted by Gasteiger charge is 2.45. The molecule has 2 aromatic carbocycles. The molecule has 0 radical (unpaired) electrons. The Hall–Kier alpha value is -2.58. The lowest BCUT2D eigenvalue weighted by atomic mass is 9.98. The number of nitrogens with zero attached hydrogens (tertiary/aromatic N) is 2. The molecule has 158 valence electrons. The Bertz CT molecular complexity index is 1070. The van der Waals surface area contributed by atoms with Crippen LogP contribution in [0.4, 0.5) is 23.2 Å². The van der Waals surface area contributed by atoms with Gasteiger partial charge in [-0.1, -0.05) is 23.7 Å². The van der Waals surface area contributed by atoms with Gasteiger partial charge in [-0.15, -0.1) is 0 Å². The van der Waals surface area contributed by atoms with Gasteiger partial charge < -0.3 is 9.47 Å². The van der Waals surface area contributed by atoms with Crippen LogP contribution in [0.1, 0.15) is 24.2 Å². The van der Waals surface area contributed by atoms with Gasteiger partial charge in [-0.25, -0.2) is 4.39 Å². The number of aliphatic imine (C=N–C) groups is 1. The fraction of sp³-hybridized carbons (Fsp3) is 0.286. The highest BCUT2D eigenvalue weighted by Crippen LogP contribution is 2.45. The zero-order chi connectivity index (χ0) is 21.6. The van der Waals surface area contributed by atoms with E-state index in [0.29, 0.717) is 11.3 Å². The van der Waals surface area contributed by atoms with Crippen LogP contribution < -0.4 is 9.64 Å². The van der Waals surface area contributed by atoms with E-state index in [1.807, 2.05) is 0 Å². The molecule has 2 heterocycles. The molecule has 2 aliphatic heterocycles. The molecule has 0 saturated carbocycles. The molecular formula is C21H17ClF4N2O2. The largest absolute Gasteiger partial charge is 0.495 e. The van der Waals surface area contributed by atoms with E-state index in [1.165, 1.54) is 20.1 Å². The summed E-state index contributed by atoms with van der Waals surface area (Å²) in [6, 6.07) is 8.59. The van der Waals surface area contributed by atoms with Crippen LogP contribution in [0.25, 0.3) is 0 Å². The van der Waals surface area contributed by atoms with Gasteiger partial charge >= 0.3 is 6.18 Å². The number of methoxy groups -OCH3 is 1. The first-order chi connectivity index (χ1) is 14.2. The van der Waals surface area contributed by atoms with Crippen molar-refractivity contribution in [2.75, 3.05) is 25.2 Å². The molecule has 2 aromatic rings. The quantitative estimate of drug-likeness (QED) is 0.565. The predicted molar refractivity (Wildman–Crippen MR) is 106 cm³/mol. The second-order valence-electron chi connectivity index (χ2n) is 6.95. The van der Waals surface area contributed by atoms with E-state index in [-0.39, 0.29) is 40.8 Å². The third kappa shape index (κ3) is 3.44. The molecule has 0 spiro atoms. The minimum absolute atomic E-state index is 0.0689. The molecule has 0 unspecified atom stereocenters. The molecule has 9 heteroatoms. The van der Waals surface area contributed by atoms with Crippen LogP contribution in [0, 0.1) is 5.82 Å². The second kappa shape index (κ2) is 7.59. The number of anilines is 1. The lowest BCUT2D eigenvalue weighted by molar-refractivity contribution is -0.0932. The van der Waals surface area contributed by atoms with Crippen LogP contribution in [0.15, 0.2) is 52.7 Å². The number of fused-ring (bicyclic) bond motifs is 3. The Balaban J connectivity index is 1.95. The van der Waals surface area contributed by atoms with Crippen LogP contribution in [-0.2, 0) is 4.74 Å². The van der Waals surface area contributed by atoms with Crippen molar-refractivity contribution < 1.29 is 27.0 Å². The first-order valence-electron chi connectivity index (χ1n) is 9.06. The lowest BCUT2D eigenvalue weighted by Gasteiger charge is -2.33. The molecule has 30 heavy (non-hydrogen) atoms. The molecule has 0 fully saturated rings. The number of hydrogen-bond donors (Lipinski definition) is 0. The Labute approximate surface area is 175 Å². The van der Waals surface area contributed by atoms with E-state index >= 15 is 0 Å². The number of halogens is 5. The van der Waals surface area contributed by atoms with E-state index in [0.717, 1.165) is 17.0 Å². The van der Waals surface area contributed by atoms with Gasteiger partial charge in [0.15, 0.2) is 0 Å². The van der Waals surface area contributed by atoms with Crippen molar-refractivity contribution in [1.82, 2.24) is 0 Å². The molecule has 0 aliphatic carbocycles. The van der Waals surface area contributed by atoms with Crippen molar-refractivity contribution in [2.45, 2.75) is 19.2 Å². The van der Waals surface area contributed by atoms with Gasteiger partial charge in [0.05, 0.1) is 24.4 Å². The highest BCUT2D eigenvalue weighted by molar-refractivity contribution is 6.33. The standard InChI is InChI=1S/C21H17ClF4N2O2/c1-11-9-27-17-10-30-19(13-4-3-5-16(29-2)18(13)22)14-8-12(23)6-7-15(14)28(17)20(11)21(24,25)26/h3-8,19H,9-10H2,1-2H3/t19-/m1/s1. The van der Waals surface area contributed by atoms with Crippen LogP contribution in [-0.4, -0.2) is 32.3 Å². The average Bonchev–Trinajstić information content (AvgIpc) is 2.84. The Morgan fingerprint density at radius 1 is 1.20 bits per heavy atom. The van der Waals surface area contributed by atoms with E-state index in [1.54, 1.807) is 18.2 Å². The van der Waals surface area contributed by atoms with Gasteiger partial charge in [-0.3, -0.25) is 9.89 Å². The lowest BCUT2D eigenvalue weighted by Crippen LogP contribution is -2.42. The number of hydrogen-bond acceptors (Lipinski definition) is 4.